The number of carbonyl (C=O) groups excluding carboxylic acids is 1. The third-order valence-corrected chi connectivity index (χ3v) is 5.72. The second-order valence-electron chi connectivity index (χ2n) is 6.49. The molecule has 8 heteroatoms. The van der Waals surface area contributed by atoms with E-state index in [0.717, 1.165) is 0 Å². The SMILES string of the molecule is COCCCn1c(SC(C)C(=O)c2ccc(F)cc2)nc2cc(Cl)ccc2c1=O. The quantitative estimate of drug-likeness (QED) is 0.224. The molecule has 1 heterocycles. The van der Waals surface area contributed by atoms with E-state index in [9.17, 15) is 14.0 Å². The average Bonchev–Trinajstić information content (AvgIpc) is 2.70. The lowest BCUT2D eigenvalue weighted by Gasteiger charge is -2.16. The van der Waals surface area contributed by atoms with Gasteiger partial charge in [0, 0.05) is 30.8 Å². The van der Waals surface area contributed by atoms with Gasteiger partial charge in [-0.25, -0.2) is 9.37 Å². The maximum Gasteiger partial charge on any atom is 0.262 e. The van der Waals surface area contributed by atoms with Gasteiger partial charge in [0.25, 0.3) is 5.56 Å². The number of ketones is 1. The summed E-state index contributed by atoms with van der Waals surface area (Å²) in [4.78, 5) is 30.3. The Morgan fingerprint density at radius 3 is 2.69 bits per heavy atom. The minimum atomic E-state index is -0.516. The zero-order chi connectivity index (χ0) is 21.0. The van der Waals surface area contributed by atoms with Crippen molar-refractivity contribution in [2.75, 3.05) is 13.7 Å². The molecule has 0 saturated carbocycles. The highest BCUT2D eigenvalue weighted by Gasteiger charge is 2.21. The first-order chi connectivity index (χ1) is 13.9. The number of halogens is 2. The highest BCUT2D eigenvalue weighted by molar-refractivity contribution is 8.00. The molecule has 1 aromatic heterocycles. The van der Waals surface area contributed by atoms with Crippen molar-refractivity contribution in [2.45, 2.75) is 30.3 Å². The summed E-state index contributed by atoms with van der Waals surface area (Å²) in [6.45, 7) is 2.65. The molecule has 0 aliphatic rings. The van der Waals surface area contributed by atoms with Crippen molar-refractivity contribution in [3.63, 3.8) is 0 Å². The van der Waals surface area contributed by atoms with Crippen LogP contribution in [-0.4, -0.2) is 34.3 Å². The Kier molecular flexibility index (Phi) is 7.05. The fourth-order valence-electron chi connectivity index (χ4n) is 2.89. The van der Waals surface area contributed by atoms with Gasteiger partial charge in [0.2, 0.25) is 0 Å². The van der Waals surface area contributed by atoms with Crippen LogP contribution >= 0.6 is 23.4 Å². The molecular formula is C21H20ClFN2O3S. The fourth-order valence-corrected chi connectivity index (χ4v) is 4.07. The van der Waals surface area contributed by atoms with E-state index in [0.29, 0.717) is 46.2 Å². The van der Waals surface area contributed by atoms with E-state index in [2.05, 4.69) is 4.98 Å². The summed E-state index contributed by atoms with van der Waals surface area (Å²) in [5.41, 5.74) is 0.699. The Labute approximate surface area is 176 Å². The van der Waals surface area contributed by atoms with Crippen molar-refractivity contribution in [1.82, 2.24) is 9.55 Å². The van der Waals surface area contributed by atoms with Crippen LogP contribution in [0.5, 0.6) is 0 Å². The summed E-state index contributed by atoms with van der Waals surface area (Å²) in [5, 5.41) is 0.864. The van der Waals surface area contributed by atoms with Crippen molar-refractivity contribution < 1.29 is 13.9 Å². The molecule has 2 aromatic carbocycles. The minimum absolute atomic E-state index is 0.168. The number of carbonyl (C=O) groups is 1. The monoisotopic (exact) mass is 434 g/mol. The minimum Gasteiger partial charge on any atom is -0.385 e. The number of hydrogen-bond acceptors (Lipinski definition) is 5. The van der Waals surface area contributed by atoms with E-state index in [1.807, 2.05) is 0 Å². The summed E-state index contributed by atoms with van der Waals surface area (Å²) in [6.07, 6.45) is 0.630. The number of fused-ring (bicyclic) bond motifs is 1. The number of benzene rings is 2. The van der Waals surface area contributed by atoms with Crippen LogP contribution in [0, 0.1) is 5.82 Å². The Bertz CT molecular complexity index is 1090. The van der Waals surface area contributed by atoms with Crippen LogP contribution in [0.15, 0.2) is 52.4 Å². The van der Waals surface area contributed by atoms with Crippen molar-refractivity contribution in [3.05, 3.63) is 69.2 Å². The van der Waals surface area contributed by atoms with Gasteiger partial charge in [-0.05, 0) is 55.8 Å². The normalized spacial score (nSPS) is 12.3. The first-order valence-electron chi connectivity index (χ1n) is 9.06. The van der Waals surface area contributed by atoms with E-state index in [1.165, 1.54) is 36.0 Å². The molecule has 0 saturated heterocycles. The zero-order valence-electron chi connectivity index (χ0n) is 16.0. The smallest absolute Gasteiger partial charge is 0.262 e. The maximum atomic E-state index is 13.1. The lowest BCUT2D eigenvalue weighted by atomic mass is 10.1. The molecular weight excluding hydrogens is 415 g/mol. The molecule has 0 fully saturated rings. The molecule has 0 aliphatic carbocycles. The molecule has 1 atom stereocenters. The van der Waals surface area contributed by atoms with Crippen LogP contribution < -0.4 is 5.56 Å². The Morgan fingerprint density at radius 2 is 2.00 bits per heavy atom. The number of ether oxygens (including phenoxy) is 1. The summed E-state index contributed by atoms with van der Waals surface area (Å²) >= 11 is 7.25. The van der Waals surface area contributed by atoms with Crippen LogP contribution in [0.25, 0.3) is 10.9 Å². The molecule has 3 aromatic rings. The summed E-state index contributed by atoms with van der Waals surface area (Å²) in [6, 6.07) is 10.3. The van der Waals surface area contributed by atoms with Crippen LogP contribution in [0.1, 0.15) is 23.7 Å². The molecule has 152 valence electrons. The summed E-state index contributed by atoms with van der Waals surface area (Å²) < 4.78 is 19.8. The molecule has 3 rings (SSSR count). The van der Waals surface area contributed by atoms with Gasteiger partial charge in [-0.3, -0.25) is 14.2 Å². The van der Waals surface area contributed by atoms with Crippen LogP contribution in [-0.2, 0) is 11.3 Å². The summed E-state index contributed by atoms with van der Waals surface area (Å²) in [5.74, 6) is -0.569. The number of hydrogen-bond donors (Lipinski definition) is 0. The number of methoxy groups -OCH3 is 1. The second-order valence-corrected chi connectivity index (χ2v) is 8.23. The van der Waals surface area contributed by atoms with Gasteiger partial charge >= 0.3 is 0 Å². The van der Waals surface area contributed by atoms with Gasteiger partial charge in [0.15, 0.2) is 10.9 Å². The number of nitrogens with zero attached hydrogens (tertiary/aromatic N) is 2. The van der Waals surface area contributed by atoms with Crippen molar-refractivity contribution in [1.29, 1.82) is 0 Å². The van der Waals surface area contributed by atoms with Gasteiger partial charge in [-0.15, -0.1) is 0 Å². The maximum absolute atomic E-state index is 13.1. The predicted molar refractivity (Wildman–Crippen MR) is 114 cm³/mol. The first-order valence-corrected chi connectivity index (χ1v) is 10.3. The third kappa shape index (κ3) is 5.04. The lowest BCUT2D eigenvalue weighted by Crippen LogP contribution is -2.25. The fraction of sp³-hybridized carbons (Fsp3) is 0.286. The number of thioether (sulfide) groups is 1. The zero-order valence-corrected chi connectivity index (χ0v) is 17.6. The van der Waals surface area contributed by atoms with E-state index >= 15 is 0 Å². The molecule has 0 aliphatic heterocycles. The van der Waals surface area contributed by atoms with Crippen LogP contribution in [0.3, 0.4) is 0 Å². The highest BCUT2D eigenvalue weighted by Crippen LogP contribution is 2.26. The van der Waals surface area contributed by atoms with E-state index in [1.54, 1.807) is 36.8 Å². The first kappa shape index (κ1) is 21.5. The van der Waals surface area contributed by atoms with Crippen LogP contribution in [0.4, 0.5) is 4.39 Å². The molecule has 1 unspecified atom stereocenters. The van der Waals surface area contributed by atoms with Crippen LogP contribution in [0.2, 0.25) is 5.02 Å². The van der Waals surface area contributed by atoms with Gasteiger partial charge < -0.3 is 4.74 Å². The topological polar surface area (TPSA) is 61.2 Å². The Morgan fingerprint density at radius 1 is 1.28 bits per heavy atom. The number of rotatable bonds is 8. The average molecular weight is 435 g/mol. The van der Waals surface area contributed by atoms with Gasteiger partial charge in [-0.2, -0.15) is 0 Å². The van der Waals surface area contributed by atoms with Gasteiger partial charge in [-0.1, -0.05) is 23.4 Å². The molecule has 0 amide bonds. The van der Waals surface area contributed by atoms with Crippen molar-refractivity contribution >= 4 is 40.0 Å². The van der Waals surface area contributed by atoms with E-state index in [-0.39, 0.29) is 11.3 Å². The van der Waals surface area contributed by atoms with Crippen molar-refractivity contribution in [3.8, 4) is 0 Å². The molecule has 0 bridgehead atoms. The number of Topliss-reactive ketones (excluding diaryl/α,β-unsaturated/α-hetero) is 1. The Balaban J connectivity index is 1.97. The lowest BCUT2D eigenvalue weighted by molar-refractivity contribution is 0.0993. The van der Waals surface area contributed by atoms with Gasteiger partial charge in [0.05, 0.1) is 16.2 Å². The predicted octanol–water partition coefficient (Wildman–Crippen LogP) is 4.59. The molecule has 0 N–H and O–H groups in total. The molecule has 5 nitrogen and oxygen atoms in total. The van der Waals surface area contributed by atoms with Crippen molar-refractivity contribution in [2.24, 2.45) is 0 Å². The largest absolute Gasteiger partial charge is 0.385 e. The van der Waals surface area contributed by atoms with E-state index in [4.69, 9.17) is 16.3 Å². The van der Waals surface area contributed by atoms with Gasteiger partial charge in [0.1, 0.15) is 5.82 Å². The highest BCUT2D eigenvalue weighted by atomic mass is 35.5. The van der Waals surface area contributed by atoms with E-state index < -0.39 is 11.1 Å². The number of aromatic nitrogens is 2. The molecule has 0 radical (unpaired) electrons. The third-order valence-electron chi connectivity index (χ3n) is 4.39. The molecule has 29 heavy (non-hydrogen) atoms. The standard InChI is InChI=1S/C21H20ClFN2O3S/c1-13(19(26)14-4-7-16(23)8-5-14)29-21-24-18-12-15(22)6-9-17(18)20(27)25(21)10-3-11-28-2/h4-9,12-13H,3,10-11H2,1-2H3. The summed E-state index contributed by atoms with van der Waals surface area (Å²) in [7, 11) is 1.60. The second kappa shape index (κ2) is 9.52. The molecule has 0 spiro atoms. The Hall–Kier alpha value is -2.22.